The lowest BCUT2D eigenvalue weighted by molar-refractivity contribution is -0.112. The molecule has 0 aromatic carbocycles. The maximum atomic E-state index is 10.5. The first-order valence-corrected chi connectivity index (χ1v) is 4.67. The van der Waals surface area contributed by atoms with Crippen LogP contribution in [-0.2, 0) is 9.59 Å². The van der Waals surface area contributed by atoms with Crippen molar-refractivity contribution in [2.75, 3.05) is 0 Å². The van der Waals surface area contributed by atoms with E-state index in [1.807, 2.05) is 6.92 Å². The average molecular weight is 170 g/mol. The van der Waals surface area contributed by atoms with Crippen LogP contribution in [0, 0.1) is 11.8 Å². The third-order valence-electron chi connectivity index (χ3n) is 2.36. The van der Waals surface area contributed by atoms with Crippen molar-refractivity contribution in [2.45, 2.75) is 39.5 Å². The van der Waals surface area contributed by atoms with Crippen molar-refractivity contribution in [1.82, 2.24) is 0 Å². The Labute approximate surface area is 74.3 Å². The molecule has 0 aromatic heterocycles. The van der Waals surface area contributed by atoms with Crippen molar-refractivity contribution in [1.29, 1.82) is 0 Å². The Morgan fingerprint density at radius 2 is 1.83 bits per heavy atom. The van der Waals surface area contributed by atoms with Gasteiger partial charge in [0, 0.05) is 12.3 Å². The van der Waals surface area contributed by atoms with E-state index in [1.54, 1.807) is 0 Å². The van der Waals surface area contributed by atoms with Crippen LogP contribution in [0.25, 0.3) is 0 Å². The molecule has 0 heterocycles. The first kappa shape index (κ1) is 11.3. The fourth-order valence-electron chi connectivity index (χ4n) is 1.31. The lowest BCUT2D eigenvalue weighted by Gasteiger charge is -2.14. The summed E-state index contributed by atoms with van der Waals surface area (Å²) in [5.41, 5.74) is 0. The summed E-state index contributed by atoms with van der Waals surface area (Å²) in [4.78, 5) is 20.7. The molecule has 0 N–H and O–H groups in total. The maximum Gasteiger partial charge on any atom is 0.123 e. The molecule has 12 heavy (non-hydrogen) atoms. The standard InChI is InChI=1S/C10H18O2/c1-3-9(5-6-11)7-10(4-2)8-12/h6,8-10H,3-5,7H2,1-2H3. The topological polar surface area (TPSA) is 34.1 Å². The van der Waals surface area contributed by atoms with Crippen molar-refractivity contribution in [3.63, 3.8) is 0 Å². The highest BCUT2D eigenvalue weighted by atomic mass is 16.1. The van der Waals surface area contributed by atoms with Gasteiger partial charge in [-0.1, -0.05) is 20.3 Å². The van der Waals surface area contributed by atoms with Crippen LogP contribution in [0.5, 0.6) is 0 Å². The summed E-state index contributed by atoms with van der Waals surface area (Å²) in [6, 6.07) is 0. The molecule has 0 radical (unpaired) electrons. The van der Waals surface area contributed by atoms with Gasteiger partial charge < -0.3 is 9.59 Å². The third kappa shape index (κ3) is 4.27. The molecule has 2 nitrogen and oxygen atoms in total. The normalized spacial score (nSPS) is 15.2. The molecule has 0 aliphatic heterocycles. The summed E-state index contributed by atoms with van der Waals surface area (Å²) in [6.07, 6.45) is 5.30. The Bertz CT molecular complexity index is 132. The van der Waals surface area contributed by atoms with Crippen LogP contribution in [0.15, 0.2) is 0 Å². The van der Waals surface area contributed by atoms with Gasteiger partial charge in [0.1, 0.15) is 12.6 Å². The molecule has 0 bridgehead atoms. The molecule has 70 valence electrons. The van der Waals surface area contributed by atoms with E-state index in [2.05, 4.69) is 6.92 Å². The molecular weight excluding hydrogens is 152 g/mol. The number of aldehydes is 2. The Kier molecular flexibility index (Phi) is 6.63. The molecule has 0 aromatic rings. The predicted molar refractivity (Wildman–Crippen MR) is 48.9 cm³/mol. The van der Waals surface area contributed by atoms with E-state index in [9.17, 15) is 9.59 Å². The van der Waals surface area contributed by atoms with Gasteiger partial charge in [-0.25, -0.2) is 0 Å². The second-order valence-electron chi connectivity index (χ2n) is 3.22. The van der Waals surface area contributed by atoms with Crippen LogP contribution in [0.1, 0.15) is 39.5 Å². The minimum Gasteiger partial charge on any atom is -0.303 e. The largest absolute Gasteiger partial charge is 0.303 e. The van der Waals surface area contributed by atoms with Gasteiger partial charge in [0.25, 0.3) is 0 Å². The van der Waals surface area contributed by atoms with E-state index in [0.29, 0.717) is 12.3 Å². The van der Waals surface area contributed by atoms with E-state index in [1.165, 1.54) is 0 Å². The maximum absolute atomic E-state index is 10.5. The lowest BCUT2D eigenvalue weighted by Crippen LogP contribution is -2.09. The van der Waals surface area contributed by atoms with Gasteiger partial charge in [-0.3, -0.25) is 0 Å². The minimum atomic E-state index is 0.148. The smallest absolute Gasteiger partial charge is 0.123 e. The molecule has 0 fully saturated rings. The van der Waals surface area contributed by atoms with Gasteiger partial charge in [0.2, 0.25) is 0 Å². The zero-order valence-electron chi connectivity index (χ0n) is 7.95. The molecule has 0 rings (SSSR count). The number of carbonyl (C=O) groups is 2. The third-order valence-corrected chi connectivity index (χ3v) is 2.36. The number of carbonyl (C=O) groups excluding carboxylic acids is 2. The summed E-state index contributed by atoms with van der Waals surface area (Å²) in [5, 5.41) is 0. The van der Waals surface area contributed by atoms with Gasteiger partial charge in [-0.05, 0) is 18.8 Å². The summed E-state index contributed by atoms with van der Waals surface area (Å²) in [5.74, 6) is 0.549. The molecule has 0 aliphatic carbocycles. The number of rotatable bonds is 7. The molecule has 0 aliphatic rings. The van der Waals surface area contributed by atoms with Crippen LogP contribution in [0.4, 0.5) is 0 Å². The second-order valence-corrected chi connectivity index (χ2v) is 3.22. The molecule has 2 heteroatoms. The second kappa shape index (κ2) is 7.01. The number of hydrogen-bond donors (Lipinski definition) is 0. The van der Waals surface area contributed by atoms with Crippen LogP contribution in [-0.4, -0.2) is 12.6 Å². The Morgan fingerprint density at radius 3 is 2.17 bits per heavy atom. The summed E-state index contributed by atoms with van der Waals surface area (Å²) < 4.78 is 0. The van der Waals surface area contributed by atoms with Crippen LogP contribution < -0.4 is 0 Å². The van der Waals surface area contributed by atoms with Crippen LogP contribution >= 0.6 is 0 Å². The van der Waals surface area contributed by atoms with Crippen LogP contribution in [0.3, 0.4) is 0 Å². The zero-order valence-corrected chi connectivity index (χ0v) is 7.95. The monoisotopic (exact) mass is 170 g/mol. The van der Waals surface area contributed by atoms with E-state index >= 15 is 0 Å². The fourth-order valence-corrected chi connectivity index (χ4v) is 1.31. The Hall–Kier alpha value is -0.660. The molecule has 0 amide bonds. The Balaban J connectivity index is 3.80. The van der Waals surface area contributed by atoms with Crippen molar-refractivity contribution in [2.24, 2.45) is 11.8 Å². The van der Waals surface area contributed by atoms with Gasteiger partial charge >= 0.3 is 0 Å². The molecule has 0 saturated heterocycles. The number of hydrogen-bond acceptors (Lipinski definition) is 2. The first-order valence-electron chi connectivity index (χ1n) is 4.67. The molecule has 0 spiro atoms. The highest BCUT2D eigenvalue weighted by molar-refractivity contribution is 5.54. The SMILES string of the molecule is CCC(C=O)CC(CC)CC=O. The van der Waals surface area contributed by atoms with Gasteiger partial charge in [0.05, 0.1) is 0 Å². The van der Waals surface area contributed by atoms with E-state index in [0.717, 1.165) is 31.8 Å². The lowest BCUT2D eigenvalue weighted by atomic mass is 9.90. The van der Waals surface area contributed by atoms with Crippen molar-refractivity contribution in [3.05, 3.63) is 0 Å². The first-order chi connectivity index (χ1) is 5.78. The quantitative estimate of drug-likeness (QED) is 0.549. The van der Waals surface area contributed by atoms with Crippen molar-refractivity contribution < 1.29 is 9.59 Å². The van der Waals surface area contributed by atoms with Gasteiger partial charge in [-0.2, -0.15) is 0 Å². The average Bonchev–Trinajstić information content (AvgIpc) is 2.12. The van der Waals surface area contributed by atoms with Crippen LogP contribution in [0.2, 0.25) is 0 Å². The van der Waals surface area contributed by atoms with Crippen molar-refractivity contribution in [3.8, 4) is 0 Å². The van der Waals surface area contributed by atoms with E-state index in [4.69, 9.17) is 0 Å². The molecular formula is C10H18O2. The fraction of sp³-hybridized carbons (Fsp3) is 0.800. The highest BCUT2D eigenvalue weighted by Gasteiger charge is 2.12. The van der Waals surface area contributed by atoms with Gasteiger partial charge in [0.15, 0.2) is 0 Å². The summed E-state index contributed by atoms with van der Waals surface area (Å²) in [6.45, 7) is 4.07. The highest BCUT2D eigenvalue weighted by Crippen LogP contribution is 2.18. The van der Waals surface area contributed by atoms with Gasteiger partial charge in [-0.15, -0.1) is 0 Å². The van der Waals surface area contributed by atoms with Crippen molar-refractivity contribution >= 4 is 12.6 Å². The van der Waals surface area contributed by atoms with E-state index < -0.39 is 0 Å². The van der Waals surface area contributed by atoms with E-state index in [-0.39, 0.29) is 5.92 Å². The predicted octanol–water partition coefficient (Wildman–Crippen LogP) is 2.22. The molecule has 2 unspecified atom stereocenters. The molecule has 2 atom stereocenters. The molecule has 0 saturated carbocycles. The minimum absolute atomic E-state index is 0.148. The zero-order chi connectivity index (χ0) is 9.40. The summed E-state index contributed by atoms with van der Waals surface area (Å²) >= 11 is 0. The summed E-state index contributed by atoms with van der Waals surface area (Å²) in [7, 11) is 0. The Morgan fingerprint density at radius 1 is 1.17 bits per heavy atom.